The van der Waals surface area contributed by atoms with Gasteiger partial charge in [0.1, 0.15) is 5.75 Å². The van der Waals surface area contributed by atoms with Crippen molar-refractivity contribution >= 4 is 23.4 Å². The van der Waals surface area contributed by atoms with Crippen LogP contribution in [0.2, 0.25) is 5.02 Å². The van der Waals surface area contributed by atoms with E-state index in [4.69, 9.17) is 16.3 Å². The Morgan fingerprint density at radius 1 is 1.32 bits per heavy atom. The molecule has 1 aromatic rings. The van der Waals surface area contributed by atoms with Gasteiger partial charge in [-0.1, -0.05) is 11.6 Å². The number of hydroxylamine groups is 2. The van der Waals surface area contributed by atoms with E-state index in [0.717, 1.165) is 5.06 Å². The molecule has 7 heteroatoms. The van der Waals surface area contributed by atoms with E-state index in [-0.39, 0.29) is 19.1 Å². The monoisotopic (exact) mass is 286 g/mol. The largest absolute Gasteiger partial charge is 0.484 e. The van der Waals surface area contributed by atoms with Crippen LogP contribution in [0.3, 0.4) is 0 Å². The number of amides is 2. The van der Waals surface area contributed by atoms with E-state index >= 15 is 0 Å². The lowest BCUT2D eigenvalue weighted by Crippen LogP contribution is -2.39. The predicted octanol–water partition coefficient (Wildman–Crippen LogP) is 0.855. The van der Waals surface area contributed by atoms with Crippen molar-refractivity contribution in [2.45, 2.75) is 0 Å². The van der Waals surface area contributed by atoms with Gasteiger partial charge in [0.05, 0.1) is 13.7 Å². The molecule has 0 radical (unpaired) electrons. The zero-order valence-electron chi connectivity index (χ0n) is 10.7. The molecule has 0 aliphatic heterocycles. The van der Waals surface area contributed by atoms with Gasteiger partial charge in [0.25, 0.3) is 11.8 Å². The van der Waals surface area contributed by atoms with Gasteiger partial charge in [-0.15, -0.1) is 0 Å². The molecular weight excluding hydrogens is 272 g/mol. The van der Waals surface area contributed by atoms with Crippen LogP contribution in [0.15, 0.2) is 24.3 Å². The van der Waals surface area contributed by atoms with Crippen LogP contribution >= 0.6 is 11.6 Å². The summed E-state index contributed by atoms with van der Waals surface area (Å²) in [4.78, 5) is 27.4. The number of carbonyl (C=O) groups excluding carboxylic acids is 2. The molecule has 0 saturated carbocycles. The summed E-state index contributed by atoms with van der Waals surface area (Å²) in [5.74, 6) is -0.227. The second-order valence-electron chi connectivity index (χ2n) is 3.59. The van der Waals surface area contributed by atoms with Crippen molar-refractivity contribution in [2.75, 3.05) is 27.3 Å². The molecule has 0 aromatic heterocycles. The number of halogens is 1. The standard InChI is InChI=1S/C12H15ClN2O4/c1-15(18-2)12(17)7-14-11(16)8-19-10-5-3-9(13)4-6-10/h3-6H,7-8H2,1-2H3,(H,14,16). The summed E-state index contributed by atoms with van der Waals surface area (Å²) in [6.45, 7) is -0.321. The summed E-state index contributed by atoms with van der Waals surface area (Å²) in [6.07, 6.45) is 0. The fraction of sp³-hybridized carbons (Fsp3) is 0.333. The first-order valence-corrected chi connectivity index (χ1v) is 5.86. The number of likely N-dealkylation sites (N-methyl/N-ethyl adjacent to an activating group) is 1. The molecule has 0 heterocycles. The maximum atomic E-state index is 11.4. The summed E-state index contributed by atoms with van der Waals surface area (Å²) in [7, 11) is 2.82. The number of rotatable bonds is 6. The smallest absolute Gasteiger partial charge is 0.265 e. The molecule has 0 aliphatic rings. The molecule has 1 aromatic carbocycles. The summed E-state index contributed by atoms with van der Waals surface area (Å²) >= 11 is 5.71. The zero-order chi connectivity index (χ0) is 14.3. The van der Waals surface area contributed by atoms with Crippen LogP contribution in [0.25, 0.3) is 0 Å². The van der Waals surface area contributed by atoms with E-state index in [1.807, 2.05) is 0 Å². The van der Waals surface area contributed by atoms with Gasteiger partial charge >= 0.3 is 0 Å². The molecular formula is C12H15ClN2O4. The Labute approximate surface area is 116 Å². The Bertz CT molecular complexity index is 436. The highest BCUT2D eigenvalue weighted by Gasteiger charge is 2.10. The van der Waals surface area contributed by atoms with Crippen molar-refractivity contribution < 1.29 is 19.2 Å². The minimum absolute atomic E-state index is 0.146. The quantitative estimate of drug-likeness (QED) is 0.788. The second kappa shape index (κ2) is 7.60. The fourth-order valence-corrected chi connectivity index (χ4v) is 1.24. The summed E-state index contributed by atoms with van der Waals surface area (Å²) in [6, 6.07) is 6.62. The van der Waals surface area contributed by atoms with Gasteiger partial charge in [0.15, 0.2) is 6.61 Å². The molecule has 0 aliphatic carbocycles. The number of hydrogen-bond donors (Lipinski definition) is 1. The van der Waals surface area contributed by atoms with E-state index in [9.17, 15) is 9.59 Å². The molecule has 0 unspecified atom stereocenters. The molecule has 1 rings (SSSR count). The zero-order valence-corrected chi connectivity index (χ0v) is 11.4. The summed E-state index contributed by atoms with van der Waals surface area (Å²) in [5.41, 5.74) is 0. The van der Waals surface area contributed by atoms with Gasteiger partial charge in [-0.2, -0.15) is 0 Å². The van der Waals surface area contributed by atoms with Crippen LogP contribution < -0.4 is 10.1 Å². The van der Waals surface area contributed by atoms with Crippen LogP contribution in [0.4, 0.5) is 0 Å². The maximum Gasteiger partial charge on any atom is 0.265 e. The van der Waals surface area contributed by atoms with Crippen molar-refractivity contribution in [3.63, 3.8) is 0 Å². The Balaban J connectivity index is 2.28. The van der Waals surface area contributed by atoms with Gasteiger partial charge in [0.2, 0.25) is 0 Å². The first kappa shape index (κ1) is 15.3. The van der Waals surface area contributed by atoms with Gasteiger partial charge in [-0.3, -0.25) is 14.4 Å². The van der Waals surface area contributed by atoms with E-state index < -0.39 is 5.91 Å². The Hall–Kier alpha value is -1.79. The predicted molar refractivity (Wildman–Crippen MR) is 69.7 cm³/mol. The van der Waals surface area contributed by atoms with E-state index in [1.54, 1.807) is 24.3 Å². The lowest BCUT2D eigenvalue weighted by Gasteiger charge is -2.14. The second-order valence-corrected chi connectivity index (χ2v) is 4.03. The topological polar surface area (TPSA) is 67.9 Å². The van der Waals surface area contributed by atoms with Gasteiger partial charge in [-0.05, 0) is 24.3 Å². The lowest BCUT2D eigenvalue weighted by atomic mass is 10.3. The van der Waals surface area contributed by atoms with Crippen molar-refractivity contribution in [1.29, 1.82) is 0 Å². The van der Waals surface area contributed by atoms with Gasteiger partial charge in [0, 0.05) is 12.1 Å². The number of ether oxygens (including phenoxy) is 1. The number of carbonyl (C=O) groups is 2. The molecule has 1 N–H and O–H groups in total. The molecule has 0 saturated heterocycles. The van der Waals surface area contributed by atoms with Crippen LogP contribution in [-0.4, -0.2) is 44.2 Å². The third-order valence-electron chi connectivity index (χ3n) is 2.25. The first-order chi connectivity index (χ1) is 9.02. The normalized spacial score (nSPS) is 9.84. The molecule has 6 nitrogen and oxygen atoms in total. The van der Waals surface area contributed by atoms with Gasteiger partial charge < -0.3 is 10.1 Å². The summed E-state index contributed by atoms with van der Waals surface area (Å²) < 4.78 is 5.22. The average Bonchev–Trinajstić information content (AvgIpc) is 2.43. The molecule has 19 heavy (non-hydrogen) atoms. The highest BCUT2D eigenvalue weighted by molar-refractivity contribution is 6.30. The Kier molecular flexibility index (Phi) is 6.11. The third kappa shape index (κ3) is 5.58. The minimum atomic E-state index is -0.396. The number of nitrogens with one attached hydrogen (secondary N) is 1. The molecule has 0 bridgehead atoms. The van der Waals surface area contributed by atoms with E-state index in [0.29, 0.717) is 10.8 Å². The molecule has 0 spiro atoms. The molecule has 104 valence electrons. The van der Waals surface area contributed by atoms with Crippen molar-refractivity contribution in [2.24, 2.45) is 0 Å². The lowest BCUT2D eigenvalue weighted by molar-refractivity contribution is -0.167. The van der Waals surface area contributed by atoms with Crippen molar-refractivity contribution in [3.05, 3.63) is 29.3 Å². The van der Waals surface area contributed by atoms with Crippen LogP contribution in [0.1, 0.15) is 0 Å². The Morgan fingerprint density at radius 2 is 1.95 bits per heavy atom. The van der Waals surface area contributed by atoms with Crippen LogP contribution in [-0.2, 0) is 14.4 Å². The number of nitrogens with zero attached hydrogens (tertiary/aromatic N) is 1. The molecule has 2 amide bonds. The maximum absolute atomic E-state index is 11.4. The van der Waals surface area contributed by atoms with Crippen molar-refractivity contribution in [1.82, 2.24) is 10.4 Å². The van der Waals surface area contributed by atoms with Crippen LogP contribution in [0.5, 0.6) is 5.75 Å². The highest BCUT2D eigenvalue weighted by atomic mass is 35.5. The summed E-state index contributed by atoms with van der Waals surface area (Å²) in [5, 5.41) is 4.03. The minimum Gasteiger partial charge on any atom is -0.484 e. The molecule has 0 atom stereocenters. The number of benzene rings is 1. The highest BCUT2D eigenvalue weighted by Crippen LogP contribution is 2.15. The first-order valence-electron chi connectivity index (χ1n) is 5.48. The third-order valence-corrected chi connectivity index (χ3v) is 2.50. The SMILES string of the molecule is CON(C)C(=O)CNC(=O)COc1ccc(Cl)cc1. The van der Waals surface area contributed by atoms with Gasteiger partial charge in [-0.25, -0.2) is 5.06 Å². The molecule has 0 fully saturated rings. The van der Waals surface area contributed by atoms with E-state index in [1.165, 1.54) is 14.2 Å². The fourth-order valence-electron chi connectivity index (χ4n) is 1.12. The Morgan fingerprint density at radius 3 is 2.53 bits per heavy atom. The van der Waals surface area contributed by atoms with Crippen molar-refractivity contribution in [3.8, 4) is 5.75 Å². The van der Waals surface area contributed by atoms with E-state index in [2.05, 4.69) is 10.2 Å². The average molecular weight is 287 g/mol. The van der Waals surface area contributed by atoms with Crippen LogP contribution in [0, 0.1) is 0 Å². The number of hydrogen-bond acceptors (Lipinski definition) is 4.